The Morgan fingerprint density at radius 3 is 2.63 bits per heavy atom. The van der Waals surface area contributed by atoms with Crippen LogP contribution in [0.5, 0.6) is 0 Å². The van der Waals surface area contributed by atoms with Crippen molar-refractivity contribution in [3.63, 3.8) is 0 Å². The molecule has 1 aromatic rings. The van der Waals surface area contributed by atoms with E-state index in [0.717, 1.165) is 6.42 Å². The summed E-state index contributed by atoms with van der Waals surface area (Å²) in [4.78, 5) is 24.9. The van der Waals surface area contributed by atoms with Crippen LogP contribution in [0.15, 0.2) is 36.9 Å². The fourth-order valence-corrected chi connectivity index (χ4v) is 1.90. The third kappa shape index (κ3) is 4.25. The number of hydrogen-bond acceptors (Lipinski definition) is 2. The van der Waals surface area contributed by atoms with Crippen LogP contribution in [0.2, 0.25) is 0 Å². The molecule has 1 aromatic carbocycles. The summed E-state index contributed by atoms with van der Waals surface area (Å²) in [6, 6.07) is 6.60. The predicted molar refractivity (Wildman–Crippen MR) is 74.2 cm³/mol. The maximum absolute atomic E-state index is 12.2. The average Bonchev–Trinajstić information content (AvgIpc) is 2.38. The molecule has 1 rings (SSSR count). The van der Waals surface area contributed by atoms with E-state index in [1.807, 2.05) is 6.92 Å². The average molecular weight is 261 g/mol. The van der Waals surface area contributed by atoms with Crippen LogP contribution < -0.4 is 0 Å². The van der Waals surface area contributed by atoms with Crippen molar-refractivity contribution in [1.29, 1.82) is 0 Å². The van der Waals surface area contributed by atoms with Gasteiger partial charge in [0.05, 0.1) is 12.0 Å². The standard InChI is InChI=1S/C15H19NO3/c1-3-9-16(10-4-2)14(17)11-12-7-5-6-8-13(12)15(18)19/h3,5-8H,1,4,9-11H2,2H3,(H,18,19). The number of amides is 1. The molecule has 0 heterocycles. The normalized spacial score (nSPS) is 9.95. The van der Waals surface area contributed by atoms with Crippen LogP contribution >= 0.6 is 0 Å². The van der Waals surface area contributed by atoms with E-state index in [1.54, 1.807) is 29.2 Å². The number of aromatic carboxylic acids is 1. The highest BCUT2D eigenvalue weighted by Gasteiger charge is 2.16. The van der Waals surface area contributed by atoms with Gasteiger partial charge in [0.1, 0.15) is 0 Å². The van der Waals surface area contributed by atoms with Crippen molar-refractivity contribution < 1.29 is 14.7 Å². The van der Waals surface area contributed by atoms with Gasteiger partial charge in [-0.05, 0) is 18.1 Å². The van der Waals surface area contributed by atoms with E-state index in [0.29, 0.717) is 18.7 Å². The van der Waals surface area contributed by atoms with Crippen LogP contribution in [-0.4, -0.2) is 35.0 Å². The van der Waals surface area contributed by atoms with Crippen molar-refractivity contribution in [3.05, 3.63) is 48.0 Å². The number of rotatable bonds is 7. The molecule has 0 spiro atoms. The van der Waals surface area contributed by atoms with E-state index in [1.165, 1.54) is 6.07 Å². The highest BCUT2D eigenvalue weighted by Crippen LogP contribution is 2.11. The minimum Gasteiger partial charge on any atom is -0.478 e. The molecule has 0 saturated heterocycles. The highest BCUT2D eigenvalue weighted by atomic mass is 16.4. The van der Waals surface area contributed by atoms with Crippen LogP contribution in [0.1, 0.15) is 29.3 Å². The van der Waals surface area contributed by atoms with E-state index in [9.17, 15) is 9.59 Å². The molecule has 0 aliphatic carbocycles. The van der Waals surface area contributed by atoms with Crippen LogP contribution in [0.3, 0.4) is 0 Å². The van der Waals surface area contributed by atoms with Crippen molar-refractivity contribution in [2.45, 2.75) is 19.8 Å². The number of carboxylic acid groups (broad SMARTS) is 1. The van der Waals surface area contributed by atoms with E-state index in [-0.39, 0.29) is 17.9 Å². The summed E-state index contributed by atoms with van der Waals surface area (Å²) in [7, 11) is 0. The topological polar surface area (TPSA) is 57.6 Å². The Morgan fingerprint density at radius 1 is 1.37 bits per heavy atom. The minimum absolute atomic E-state index is 0.0737. The Hall–Kier alpha value is -2.10. The summed E-state index contributed by atoms with van der Waals surface area (Å²) in [5.41, 5.74) is 0.732. The first-order chi connectivity index (χ1) is 9.10. The Kier molecular flexibility index (Phi) is 5.79. The molecule has 0 fully saturated rings. The van der Waals surface area contributed by atoms with Gasteiger partial charge in [0.15, 0.2) is 0 Å². The fourth-order valence-electron chi connectivity index (χ4n) is 1.90. The van der Waals surface area contributed by atoms with Gasteiger partial charge in [-0.2, -0.15) is 0 Å². The summed E-state index contributed by atoms with van der Waals surface area (Å²) in [6.45, 7) is 6.77. The quantitative estimate of drug-likeness (QED) is 0.766. The van der Waals surface area contributed by atoms with Crippen LogP contribution in [0.25, 0.3) is 0 Å². The molecule has 0 aliphatic heterocycles. The molecule has 0 aromatic heterocycles. The fraction of sp³-hybridized carbons (Fsp3) is 0.333. The number of benzene rings is 1. The first-order valence-corrected chi connectivity index (χ1v) is 6.30. The van der Waals surface area contributed by atoms with E-state index in [2.05, 4.69) is 6.58 Å². The zero-order valence-corrected chi connectivity index (χ0v) is 11.1. The zero-order chi connectivity index (χ0) is 14.3. The number of carboxylic acids is 1. The van der Waals surface area contributed by atoms with Gasteiger partial charge in [-0.15, -0.1) is 6.58 Å². The van der Waals surface area contributed by atoms with E-state index >= 15 is 0 Å². The lowest BCUT2D eigenvalue weighted by Gasteiger charge is -2.20. The van der Waals surface area contributed by atoms with Crippen molar-refractivity contribution in [2.24, 2.45) is 0 Å². The number of carbonyl (C=O) groups is 2. The summed E-state index contributed by atoms with van der Waals surface area (Å²) in [5, 5.41) is 9.08. The third-order valence-corrected chi connectivity index (χ3v) is 2.79. The highest BCUT2D eigenvalue weighted by molar-refractivity contribution is 5.91. The second-order valence-corrected chi connectivity index (χ2v) is 4.27. The van der Waals surface area contributed by atoms with Gasteiger partial charge < -0.3 is 10.0 Å². The molecule has 0 saturated carbocycles. The monoisotopic (exact) mass is 261 g/mol. The van der Waals surface area contributed by atoms with Crippen LogP contribution in [-0.2, 0) is 11.2 Å². The molecule has 1 N–H and O–H groups in total. The minimum atomic E-state index is -1.01. The van der Waals surface area contributed by atoms with Gasteiger partial charge in [0.2, 0.25) is 5.91 Å². The van der Waals surface area contributed by atoms with Gasteiger partial charge >= 0.3 is 5.97 Å². The molecule has 4 nitrogen and oxygen atoms in total. The first kappa shape index (κ1) is 15.0. The Bertz CT molecular complexity index is 468. The van der Waals surface area contributed by atoms with E-state index < -0.39 is 5.97 Å². The van der Waals surface area contributed by atoms with Crippen molar-refractivity contribution in [3.8, 4) is 0 Å². The lowest BCUT2D eigenvalue weighted by atomic mass is 10.0. The largest absolute Gasteiger partial charge is 0.478 e. The van der Waals surface area contributed by atoms with Gasteiger partial charge in [0.25, 0.3) is 0 Å². The van der Waals surface area contributed by atoms with Gasteiger partial charge in [-0.25, -0.2) is 4.79 Å². The Labute approximate surface area is 113 Å². The predicted octanol–water partition coefficient (Wildman–Crippen LogP) is 2.35. The maximum atomic E-state index is 12.2. The summed E-state index contributed by atoms with van der Waals surface area (Å²) in [5.74, 6) is -1.08. The molecule has 102 valence electrons. The summed E-state index contributed by atoms with van der Waals surface area (Å²) in [6.07, 6.45) is 2.65. The lowest BCUT2D eigenvalue weighted by Crippen LogP contribution is -2.33. The van der Waals surface area contributed by atoms with Crippen LogP contribution in [0.4, 0.5) is 0 Å². The Balaban J connectivity index is 2.85. The van der Waals surface area contributed by atoms with Gasteiger partial charge in [-0.3, -0.25) is 4.79 Å². The summed E-state index contributed by atoms with van der Waals surface area (Å²) < 4.78 is 0. The summed E-state index contributed by atoms with van der Waals surface area (Å²) >= 11 is 0. The van der Waals surface area contributed by atoms with Crippen LogP contribution in [0, 0.1) is 0 Å². The van der Waals surface area contributed by atoms with Gasteiger partial charge in [0, 0.05) is 13.1 Å². The smallest absolute Gasteiger partial charge is 0.335 e. The first-order valence-electron chi connectivity index (χ1n) is 6.30. The third-order valence-electron chi connectivity index (χ3n) is 2.79. The molecular weight excluding hydrogens is 242 g/mol. The second kappa shape index (κ2) is 7.36. The van der Waals surface area contributed by atoms with Crippen molar-refractivity contribution >= 4 is 11.9 Å². The van der Waals surface area contributed by atoms with Crippen molar-refractivity contribution in [2.75, 3.05) is 13.1 Å². The van der Waals surface area contributed by atoms with Crippen molar-refractivity contribution in [1.82, 2.24) is 4.90 Å². The number of hydrogen-bond donors (Lipinski definition) is 1. The molecule has 0 atom stereocenters. The lowest BCUT2D eigenvalue weighted by molar-refractivity contribution is -0.130. The second-order valence-electron chi connectivity index (χ2n) is 4.27. The molecule has 4 heteroatoms. The zero-order valence-electron chi connectivity index (χ0n) is 11.1. The molecule has 1 amide bonds. The number of nitrogens with zero attached hydrogens (tertiary/aromatic N) is 1. The molecule has 0 unspecified atom stereocenters. The SMILES string of the molecule is C=CCN(CCC)C(=O)Cc1ccccc1C(=O)O. The molecule has 0 bridgehead atoms. The molecule has 19 heavy (non-hydrogen) atoms. The van der Waals surface area contributed by atoms with E-state index in [4.69, 9.17) is 5.11 Å². The van der Waals surface area contributed by atoms with Gasteiger partial charge in [-0.1, -0.05) is 31.2 Å². The maximum Gasteiger partial charge on any atom is 0.335 e. The Morgan fingerprint density at radius 2 is 2.05 bits per heavy atom. The molecular formula is C15H19NO3. The molecule has 0 radical (unpaired) electrons. The number of carbonyl (C=O) groups excluding carboxylic acids is 1. The molecule has 0 aliphatic rings.